The Hall–Kier alpha value is -2.17. The summed E-state index contributed by atoms with van der Waals surface area (Å²) in [6.07, 6.45) is 7.01. The second-order valence-corrected chi connectivity index (χ2v) is 3.82. The number of hydrogen-bond donors (Lipinski definition) is 2. The summed E-state index contributed by atoms with van der Waals surface area (Å²) in [5.74, 6) is -1.10. The summed E-state index contributed by atoms with van der Waals surface area (Å²) in [5, 5.41) is 4.78. The minimum Gasteiger partial charge on any atom is -0.340 e. The molecule has 0 aromatic heterocycles. The van der Waals surface area contributed by atoms with Gasteiger partial charge in [0.2, 0.25) is 11.8 Å². The second kappa shape index (κ2) is 6.54. The fraction of sp³-hybridized carbons (Fsp3) is 0.308. The molecule has 0 aromatic rings. The maximum Gasteiger partial charge on any atom is 0.251 e. The molecule has 1 aliphatic heterocycles. The Bertz CT molecular complexity index is 436. The van der Waals surface area contributed by atoms with Crippen LogP contribution in [0.2, 0.25) is 0 Å². The molecule has 3 amide bonds. The van der Waals surface area contributed by atoms with Gasteiger partial charge in [-0.2, -0.15) is 0 Å². The van der Waals surface area contributed by atoms with E-state index >= 15 is 0 Å². The lowest BCUT2D eigenvalue weighted by Crippen LogP contribution is -2.52. The molecule has 5 heteroatoms. The molecule has 0 bridgehead atoms. The zero-order valence-electron chi connectivity index (χ0n) is 10.2. The standard InChI is InChI=1S/C13H16N2O3/c1-3-5-6-9(4-2)12(17)14-10-7-8-11(16)15-13(10)18/h3-6,10H,1,7-8H2,2H3,(H,14,17)(H,15,16,18)/b6-5?,9-4+. The lowest BCUT2D eigenvalue weighted by molar-refractivity contribution is -0.136. The molecule has 0 aliphatic carbocycles. The highest BCUT2D eigenvalue weighted by atomic mass is 16.2. The van der Waals surface area contributed by atoms with Crippen LogP contribution in [-0.4, -0.2) is 23.8 Å². The molecule has 0 saturated carbocycles. The van der Waals surface area contributed by atoms with Crippen molar-refractivity contribution >= 4 is 17.7 Å². The van der Waals surface area contributed by atoms with Crippen molar-refractivity contribution < 1.29 is 14.4 Å². The van der Waals surface area contributed by atoms with E-state index in [0.29, 0.717) is 12.0 Å². The highest BCUT2D eigenvalue weighted by Crippen LogP contribution is 2.06. The lowest BCUT2D eigenvalue weighted by atomic mass is 10.1. The number of piperidine rings is 1. The van der Waals surface area contributed by atoms with E-state index in [1.807, 2.05) is 0 Å². The quantitative estimate of drug-likeness (QED) is 0.434. The average molecular weight is 248 g/mol. The molecule has 1 atom stereocenters. The number of allylic oxidation sites excluding steroid dienone is 3. The van der Waals surface area contributed by atoms with E-state index in [2.05, 4.69) is 17.2 Å². The van der Waals surface area contributed by atoms with Crippen molar-refractivity contribution in [2.45, 2.75) is 25.8 Å². The fourth-order valence-corrected chi connectivity index (χ4v) is 1.55. The molecule has 1 heterocycles. The van der Waals surface area contributed by atoms with Crippen LogP contribution in [0, 0.1) is 0 Å². The minimum atomic E-state index is -0.651. The lowest BCUT2D eigenvalue weighted by Gasteiger charge is -2.21. The van der Waals surface area contributed by atoms with Crippen LogP contribution in [0.5, 0.6) is 0 Å². The SMILES string of the molecule is C=CC=C/C(=C\C)C(=O)NC1CCC(=O)NC1=O. The molecule has 1 aliphatic rings. The molecular weight excluding hydrogens is 232 g/mol. The first-order valence-electron chi connectivity index (χ1n) is 5.68. The molecule has 2 N–H and O–H groups in total. The maximum absolute atomic E-state index is 11.8. The molecule has 5 nitrogen and oxygen atoms in total. The van der Waals surface area contributed by atoms with Gasteiger partial charge in [0.15, 0.2) is 0 Å². The maximum atomic E-state index is 11.8. The first kappa shape index (κ1) is 13.9. The molecule has 18 heavy (non-hydrogen) atoms. The molecule has 1 saturated heterocycles. The largest absolute Gasteiger partial charge is 0.340 e. The van der Waals surface area contributed by atoms with Crippen LogP contribution in [0.4, 0.5) is 0 Å². The van der Waals surface area contributed by atoms with Crippen molar-refractivity contribution in [3.63, 3.8) is 0 Å². The van der Waals surface area contributed by atoms with E-state index < -0.39 is 11.9 Å². The van der Waals surface area contributed by atoms with Crippen LogP contribution in [0.1, 0.15) is 19.8 Å². The number of hydrogen-bond acceptors (Lipinski definition) is 3. The molecule has 1 rings (SSSR count). The van der Waals surface area contributed by atoms with Crippen molar-refractivity contribution in [3.8, 4) is 0 Å². The smallest absolute Gasteiger partial charge is 0.251 e. The molecule has 1 fully saturated rings. The van der Waals surface area contributed by atoms with Gasteiger partial charge in [0.25, 0.3) is 5.91 Å². The van der Waals surface area contributed by atoms with E-state index in [-0.39, 0.29) is 18.2 Å². The average Bonchev–Trinajstić information content (AvgIpc) is 2.34. The van der Waals surface area contributed by atoms with Gasteiger partial charge in [0.05, 0.1) is 0 Å². The first-order valence-corrected chi connectivity index (χ1v) is 5.68. The summed E-state index contributed by atoms with van der Waals surface area (Å²) in [7, 11) is 0. The zero-order chi connectivity index (χ0) is 13.5. The fourth-order valence-electron chi connectivity index (χ4n) is 1.55. The molecule has 96 valence electrons. The number of carbonyl (C=O) groups is 3. The Morgan fingerprint density at radius 3 is 2.78 bits per heavy atom. The highest BCUT2D eigenvalue weighted by molar-refractivity contribution is 6.04. The molecular formula is C13H16N2O3. The summed E-state index contributed by atoms with van der Waals surface area (Å²) in [5.41, 5.74) is 0.444. The normalized spacial score (nSPS) is 20.7. The third kappa shape index (κ3) is 3.69. The van der Waals surface area contributed by atoms with Gasteiger partial charge in [0, 0.05) is 12.0 Å². The van der Waals surface area contributed by atoms with Crippen LogP contribution in [-0.2, 0) is 14.4 Å². The van der Waals surface area contributed by atoms with Gasteiger partial charge < -0.3 is 5.32 Å². The van der Waals surface area contributed by atoms with E-state index in [4.69, 9.17) is 0 Å². The van der Waals surface area contributed by atoms with Crippen LogP contribution >= 0.6 is 0 Å². The van der Waals surface area contributed by atoms with Gasteiger partial charge in [-0.1, -0.05) is 24.8 Å². The predicted molar refractivity (Wildman–Crippen MR) is 67.4 cm³/mol. The van der Waals surface area contributed by atoms with E-state index in [0.717, 1.165) is 0 Å². The van der Waals surface area contributed by atoms with Gasteiger partial charge in [-0.3, -0.25) is 19.7 Å². The van der Waals surface area contributed by atoms with Gasteiger partial charge in [-0.15, -0.1) is 0 Å². The summed E-state index contributed by atoms with van der Waals surface area (Å²) in [6.45, 7) is 5.24. The van der Waals surface area contributed by atoms with Gasteiger partial charge >= 0.3 is 0 Å². The van der Waals surface area contributed by atoms with Gasteiger partial charge in [-0.25, -0.2) is 0 Å². The topological polar surface area (TPSA) is 75.3 Å². The van der Waals surface area contributed by atoms with Crippen molar-refractivity contribution in [2.75, 3.05) is 0 Å². The van der Waals surface area contributed by atoms with E-state index in [1.165, 1.54) is 0 Å². The second-order valence-electron chi connectivity index (χ2n) is 3.82. The Labute approximate surface area is 106 Å². The van der Waals surface area contributed by atoms with E-state index in [9.17, 15) is 14.4 Å². The predicted octanol–water partition coefficient (Wildman–Crippen LogP) is 0.596. The van der Waals surface area contributed by atoms with Crippen molar-refractivity contribution in [2.24, 2.45) is 0 Å². The Morgan fingerprint density at radius 2 is 2.22 bits per heavy atom. The minimum absolute atomic E-state index is 0.240. The highest BCUT2D eigenvalue weighted by Gasteiger charge is 2.27. The molecule has 0 spiro atoms. The van der Waals surface area contributed by atoms with Crippen molar-refractivity contribution in [3.05, 3.63) is 36.5 Å². The monoisotopic (exact) mass is 248 g/mol. The number of nitrogens with one attached hydrogen (secondary N) is 2. The zero-order valence-corrected chi connectivity index (χ0v) is 10.2. The number of imide groups is 1. The third-order valence-corrected chi connectivity index (χ3v) is 2.53. The van der Waals surface area contributed by atoms with E-state index in [1.54, 1.807) is 31.2 Å². The summed E-state index contributed by atoms with van der Waals surface area (Å²) < 4.78 is 0. The van der Waals surface area contributed by atoms with Crippen molar-refractivity contribution in [1.82, 2.24) is 10.6 Å². The Balaban J connectivity index is 2.64. The summed E-state index contributed by atoms with van der Waals surface area (Å²) in [6, 6.07) is -0.651. The number of rotatable bonds is 4. The molecule has 0 aromatic carbocycles. The Kier molecular flexibility index (Phi) is 5.05. The van der Waals surface area contributed by atoms with Crippen LogP contribution in [0.3, 0.4) is 0 Å². The number of amides is 3. The van der Waals surface area contributed by atoms with Gasteiger partial charge in [0.1, 0.15) is 6.04 Å². The number of carbonyl (C=O) groups excluding carboxylic acids is 3. The van der Waals surface area contributed by atoms with Gasteiger partial charge in [-0.05, 0) is 19.4 Å². The van der Waals surface area contributed by atoms with Crippen LogP contribution in [0.15, 0.2) is 36.5 Å². The third-order valence-electron chi connectivity index (χ3n) is 2.53. The molecule has 1 unspecified atom stereocenters. The summed E-state index contributed by atoms with van der Waals surface area (Å²) >= 11 is 0. The Morgan fingerprint density at radius 1 is 1.50 bits per heavy atom. The first-order chi connectivity index (χ1) is 8.58. The molecule has 0 radical (unpaired) electrons. The summed E-state index contributed by atoms with van der Waals surface area (Å²) in [4.78, 5) is 34.3. The van der Waals surface area contributed by atoms with Crippen molar-refractivity contribution in [1.29, 1.82) is 0 Å². The van der Waals surface area contributed by atoms with Crippen LogP contribution < -0.4 is 10.6 Å². The van der Waals surface area contributed by atoms with Crippen LogP contribution in [0.25, 0.3) is 0 Å².